The number of halogens is 1. The van der Waals surface area contributed by atoms with E-state index >= 15 is 0 Å². The van der Waals surface area contributed by atoms with Crippen LogP contribution in [0.4, 0.5) is 17.3 Å². The highest BCUT2D eigenvalue weighted by atomic mass is 127. The summed E-state index contributed by atoms with van der Waals surface area (Å²) in [5.41, 5.74) is 2.75. The molecule has 2 atom stereocenters. The molecule has 3 aromatic heterocycles. The van der Waals surface area contributed by atoms with E-state index in [1.807, 2.05) is 16.8 Å². The van der Waals surface area contributed by atoms with Crippen molar-refractivity contribution in [1.82, 2.24) is 29.7 Å². The van der Waals surface area contributed by atoms with E-state index in [9.17, 15) is 4.79 Å². The smallest absolute Gasteiger partial charge is 0.247 e. The number of aromatic nitrogens is 5. The summed E-state index contributed by atoms with van der Waals surface area (Å²) >= 11 is 1.76. The van der Waals surface area contributed by atoms with Crippen LogP contribution in [0.25, 0.3) is 5.65 Å². The molecule has 2 aliphatic rings. The minimum atomic E-state index is 0.0309. The zero-order chi connectivity index (χ0) is 18.4. The van der Waals surface area contributed by atoms with Gasteiger partial charge in [-0.3, -0.25) is 9.48 Å². The molecule has 2 N–H and O–H groups in total. The van der Waals surface area contributed by atoms with E-state index in [1.54, 1.807) is 39.7 Å². The van der Waals surface area contributed by atoms with Crippen molar-refractivity contribution in [3.8, 4) is 0 Å². The zero-order valence-corrected chi connectivity index (χ0v) is 16.7. The fourth-order valence-electron chi connectivity index (χ4n) is 4.09. The van der Waals surface area contributed by atoms with Crippen LogP contribution in [0.2, 0.25) is 0 Å². The van der Waals surface area contributed by atoms with Gasteiger partial charge in [-0.05, 0) is 25.0 Å². The number of nitrogens with one attached hydrogen (secondary N) is 2. The van der Waals surface area contributed by atoms with Crippen LogP contribution in [0.5, 0.6) is 0 Å². The maximum atomic E-state index is 11.2. The molecule has 0 amide bonds. The van der Waals surface area contributed by atoms with Gasteiger partial charge in [0.05, 0.1) is 17.6 Å². The Morgan fingerprint density at radius 1 is 1.33 bits per heavy atom. The summed E-state index contributed by atoms with van der Waals surface area (Å²) in [6.45, 7) is 2.29. The van der Waals surface area contributed by atoms with Crippen LogP contribution in [0.3, 0.4) is 0 Å². The molecule has 140 valence electrons. The predicted molar refractivity (Wildman–Crippen MR) is 110 cm³/mol. The first-order valence-electron chi connectivity index (χ1n) is 8.99. The lowest BCUT2D eigenvalue weighted by Gasteiger charge is -2.37. The molecule has 2 unspecified atom stereocenters. The number of fused-ring (bicyclic) bond motifs is 3. The number of hydrogen-bond donors (Lipinski definition) is 2. The summed E-state index contributed by atoms with van der Waals surface area (Å²) in [4.78, 5) is 18.4. The summed E-state index contributed by atoms with van der Waals surface area (Å²) in [5.74, 6) is 0.519. The molecule has 0 saturated carbocycles. The van der Waals surface area contributed by atoms with Crippen LogP contribution in [0, 0.1) is 0 Å². The molecule has 27 heavy (non-hydrogen) atoms. The number of hydrogen-bond acceptors (Lipinski definition) is 7. The third-order valence-electron chi connectivity index (χ3n) is 5.18. The Hall–Kier alpha value is -2.21. The molecular weight excluding hydrogens is 459 g/mol. The van der Waals surface area contributed by atoms with E-state index in [1.165, 1.54) is 12.8 Å². The number of pyridine rings is 1. The van der Waals surface area contributed by atoms with Crippen LogP contribution < -0.4 is 15.5 Å². The third-order valence-corrected chi connectivity index (χ3v) is 5.52. The Bertz CT molecular complexity index is 982. The molecule has 10 heteroatoms. The van der Waals surface area contributed by atoms with E-state index in [-0.39, 0.29) is 10.3 Å². The summed E-state index contributed by atoms with van der Waals surface area (Å²) in [6.07, 6.45) is 7.79. The lowest BCUT2D eigenvalue weighted by molar-refractivity contribution is -0.110. The van der Waals surface area contributed by atoms with Gasteiger partial charge in [-0.2, -0.15) is 10.1 Å². The molecule has 2 bridgehead atoms. The van der Waals surface area contributed by atoms with Crippen LogP contribution in [-0.4, -0.2) is 53.3 Å². The first-order chi connectivity index (χ1) is 13.2. The minimum Gasteiger partial charge on any atom is -0.360 e. The molecule has 2 saturated heterocycles. The van der Waals surface area contributed by atoms with Gasteiger partial charge in [0.15, 0.2) is 5.65 Å². The first kappa shape index (κ1) is 16.9. The summed E-state index contributed by atoms with van der Waals surface area (Å²) in [5, 5.41) is 15.4. The Kier molecular flexibility index (Phi) is 4.23. The maximum absolute atomic E-state index is 11.2. The second-order valence-electron chi connectivity index (χ2n) is 6.95. The highest BCUT2D eigenvalue weighted by Gasteiger charge is 2.37. The molecule has 0 aliphatic carbocycles. The standard InChI is InChI=1S/C17H19IN8O/c18-15(27)10-24-9-11(6-20-24)21-17-22-16-14(2-1-5-25(16)23-17)26-12-3-4-13(26)8-19-7-12/h1-2,5-6,9,12-13,19H,3-4,7-8,10H2,(H,21,23). The third kappa shape index (κ3) is 3.16. The predicted octanol–water partition coefficient (Wildman–Crippen LogP) is 1.57. The lowest BCUT2D eigenvalue weighted by Crippen LogP contribution is -2.52. The monoisotopic (exact) mass is 478 g/mol. The molecule has 0 aromatic carbocycles. The molecule has 5 heterocycles. The quantitative estimate of drug-likeness (QED) is 0.425. The van der Waals surface area contributed by atoms with Crippen molar-refractivity contribution in [2.24, 2.45) is 0 Å². The van der Waals surface area contributed by atoms with Gasteiger partial charge in [-0.25, -0.2) is 4.52 Å². The molecule has 0 spiro atoms. The highest BCUT2D eigenvalue weighted by molar-refractivity contribution is 14.1. The van der Waals surface area contributed by atoms with Gasteiger partial charge in [0.1, 0.15) is 6.54 Å². The Balaban J connectivity index is 1.44. The van der Waals surface area contributed by atoms with Gasteiger partial charge >= 0.3 is 0 Å². The largest absolute Gasteiger partial charge is 0.360 e. The van der Waals surface area contributed by atoms with Crippen molar-refractivity contribution < 1.29 is 4.79 Å². The van der Waals surface area contributed by atoms with Gasteiger partial charge in [-0.1, -0.05) is 0 Å². The van der Waals surface area contributed by atoms with E-state index in [0.29, 0.717) is 18.0 Å². The normalized spacial score (nSPS) is 21.7. The molecule has 3 aromatic rings. The van der Waals surface area contributed by atoms with E-state index in [2.05, 4.69) is 31.8 Å². The number of carbonyl (C=O) groups is 1. The average Bonchev–Trinajstić information content (AvgIpc) is 3.30. The van der Waals surface area contributed by atoms with Gasteiger partial charge in [0.2, 0.25) is 9.74 Å². The summed E-state index contributed by atoms with van der Waals surface area (Å²) < 4.78 is 3.44. The first-order valence-corrected chi connectivity index (χ1v) is 10.1. The molecule has 2 aliphatic heterocycles. The Morgan fingerprint density at radius 2 is 2.15 bits per heavy atom. The fraction of sp³-hybridized carbons (Fsp3) is 0.412. The van der Waals surface area contributed by atoms with Crippen molar-refractivity contribution in [2.45, 2.75) is 31.5 Å². The van der Waals surface area contributed by atoms with Gasteiger partial charge < -0.3 is 15.5 Å². The Morgan fingerprint density at radius 3 is 2.93 bits per heavy atom. The lowest BCUT2D eigenvalue weighted by atomic mass is 10.2. The topological polar surface area (TPSA) is 92.4 Å². The number of rotatable bonds is 5. The second kappa shape index (κ2) is 6.75. The second-order valence-corrected chi connectivity index (χ2v) is 8.16. The Labute approximate surface area is 169 Å². The number of piperazine rings is 1. The van der Waals surface area contributed by atoms with E-state index in [0.717, 1.165) is 30.1 Å². The zero-order valence-electron chi connectivity index (χ0n) is 14.5. The number of carbonyl (C=O) groups excluding carboxylic acids is 1. The number of anilines is 3. The van der Waals surface area contributed by atoms with Gasteiger partial charge in [0.25, 0.3) is 0 Å². The molecule has 5 rings (SSSR count). The number of nitrogens with zero attached hydrogens (tertiary/aromatic N) is 6. The van der Waals surface area contributed by atoms with Crippen LogP contribution in [0.15, 0.2) is 30.7 Å². The fourth-order valence-corrected chi connectivity index (χ4v) is 4.44. The van der Waals surface area contributed by atoms with Crippen molar-refractivity contribution in [3.05, 3.63) is 30.7 Å². The summed E-state index contributed by atoms with van der Waals surface area (Å²) in [6, 6.07) is 5.19. The van der Waals surface area contributed by atoms with Crippen molar-refractivity contribution in [2.75, 3.05) is 23.3 Å². The van der Waals surface area contributed by atoms with E-state index < -0.39 is 0 Å². The molecule has 0 radical (unpaired) electrons. The van der Waals surface area contributed by atoms with E-state index in [4.69, 9.17) is 4.98 Å². The maximum Gasteiger partial charge on any atom is 0.247 e. The molecular formula is C17H19IN8O. The van der Waals surface area contributed by atoms with Gasteiger partial charge in [-0.15, -0.1) is 5.10 Å². The van der Waals surface area contributed by atoms with Crippen molar-refractivity contribution in [1.29, 1.82) is 0 Å². The SMILES string of the molecule is O=C(I)Cn1cc(Nc2nc3c(N4C5CCC4CNC5)cccn3n2)cn1. The molecule has 9 nitrogen and oxygen atoms in total. The van der Waals surface area contributed by atoms with Crippen molar-refractivity contribution >= 4 is 49.4 Å². The van der Waals surface area contributed by atoms with Gasteiger partial charge in [0, 0.05) is 60.2 Å². The average molecular weight is 478 g/mol. The van der Waals surface area contributed by atoms with Crippen LogP contribution >= 0.6 is 22.6 Å². The summed E-state index contributed by atoms with van der Waals surface area (Å²) in [7, 11) is 0. The van der Waals surface area contributed by atoms with Crippen LogP contribution in [-0.2, 0) is 11.3 Å². The molecule has 2 fully saturated rings. The highest BCUT2D eigenvalue weighted by Crippen LogP contribution is 2.34. The van der Waals surface area contributed by atoms with Crippen LogP contribution in [0.1, 0.15) is 12.8 Å². The van der Waals surface area contributed by atoms with Crippen molar-refractivity contribution in [3.63, 3.8) is 0 Å². The minimum absolute atomic E-state index is 0.0309.